The first kappa shape index (κ1) is 12.4. The van der Waals surface area contributed by atoms with Gasteiger partial charge in [0.2, 0.25) is 0 Å². The lowest BCUT2D eigenvalue weighted by atomic mass is 10.2. The zero-order valence-corrected chi connectivity index (χ0v) is 9.16. The second-order valence-corrected chi connectivity index (χ2v) is 3.40. The number of carbonyl (C=O) groups excluding carboxylic acids is 1. The summed E-state index contributed by atoms with van der Waals surface area (Å²) in [7, 11) is 1.29. The molecule has 0 bridgehead atoms. The summed E-state index contributed by atoms with van der Waals surface area (Å²) in [6.07, 6.45) is 0. The van der Waals surface area contributed by atoms with Crippen molar-refractivity contribution >= 4 is 5.97 Å². The molecule has 0 aliphatic carbocycles. The van der Waals surface area contributed by atoms with Gasteiger partial charge in [-0.1, -0.05) is 0 Å². The van der Waals surface area contributed by atoms with Crippen LogP contribution in [0, 0.1) is 5.82 Å². The predicted molar refractivity (Wildman–Crippen MR) is 56.4 cm³/mol. The molecule has 1 aromatic rings. The summed E-state index contributed by atoms with van der Waals surface area (Å²) in [6, 6.07) is 3.15. The molecule has 4 nitrogen and oxygen atoms in total. The standard InChI is InChI=1S/C11H14FNO3/c1-7(11(15)16-2)13-6-8-5-9(12)3-4-10(8)14/h3-5,7,13-14H,6H2,1-2H3. The molecule has 0 aromatic heterocycles. The monoisotopic (exact) mass is 227 g/mol. The number of benzene rings is 1. The van der Waals surface area contributed by atoms with Crippen LogP contribution in [0.2, 0.25) is 0 Å². The van der Waals surface area contributed by atoms with Crippen LogP contribution in [0.3, 0.4) is 0 Å². The number of hydrogen-bond donors (Lipinski definition) is 2. The second-order valence-electron chi connectivity index (χ2n) is 3.40. The van der Waals surface area contributed by atoms with Gasteiger partial charge < -0.3 is 15.2 Å². The van der Waals surface area contributed by atoms with Crippen molar-refractivity contribution in [2.75, 3.05) is 7.11 Å². The molecule has 16 heavy (non-hydrogen) atoms. The average molecular weight is 227 g/mol. The highest BCUT2D eigenvalue weighted by Gasteiger charge is 2.12. The minimum atomic E-state index is -0.507. The number of phenolic OH excluding ortho intramolecular Hbond substituents is 1. The number of ether oxygens (including phenoxy) is 1. The molecule has 88 valence electrons. The molecular weight excluding hydrogens is 213 g/mol. The van der Waals surface area contributed by atoms with Gasteiger partial charge in [-0.15, -0.1) is 0 Å². The van der Waals surface area contributed by atoms with E-state index in [2.05, 4.69) is 10.1 Å². The van der Waals surface area contributed by atoms with E-state index < -0.39 is 17.8 Å². The molecule has 0 heterocycles. The number of rotatable bonds is 4. The summed E-state index contributed by atoms with van der Waals surface area (Å²) in [4.78, 5) is 11.1. The molecule has 0 aliphatic heterocycles. The Labute approximate surface area is 93.0 Å². The van der Waals surface area contributed by atoms with Gasteiger partial charge in [0.1, 0.15) is 17.6 Å². The summed E-state index contributed by atoms with van der Waals surface area (Å²) in [5.41, 5.74) is 0.399. The van der Waals surface area contributed by atoms with E-state index in [9.17, 15) is 14.3 Å². The zero-order chi connectivity index (χ0) is 12.1. The maximum absolute atomic E-state index is 12.9. The van der Waals surface area contributed by atoms with Gasteiger partial charge in [0, 0.05) is 12.1 Å². The molecule has 0 saturated carbocycles. The van der Waals surface area contributed by atoms with Crippen LogP contribution < -0.4 is 5.32 Å². The van der Waals surface area contributed by atoms with Crippen LogP contribution in [-0.2, 0) is 16.1 Å². The van der Waals surface area contributed by atoms with Gasteiger partial charge in [-0.2, -0.15) is 0 Å². The van der Waals surface area contributed by atoms with Gasteiger partial charge >= 0.3 is 5.97 Å². The molecular formula is C11H14FNO3. The van der Waals surface area contributed by atoms with Crippen LogP contribution in [0.25, 0.3) is 0 Å². The molecule has 0 radical (unpaired) electrons. The summed E-state index contributed by atoms with van der Waals surface area (Å²) < 4.78 is 17.4. The van der Waals surface area contributed by atoms with Gasteiger partial charge in [0.25, 0.3) is 0 Å². The van der Waals surface area contributed by atoms with E-state index >= 15 is 0 Å². The fraction of sp³-hybridized carbons (Fsp3) is 0.364. The first-order chi connectivity index (χ1) is 7.54. The Balaban J connectivity index is 2.60. The van der Waals surface area contributed by atoms with E-state index in [0.717, 1.165) is 0 Å². The molecule has 0 spiro atoms. The molecule has 1 unspecified atom stereocenters. The first-order valence-corrected chi connectivity index (χ1v) is 4.83. The topological polar surface area (TPSA) is 58.6 Å². The van der Waals surface area contributed by atoms with Crippen molar-refractivity contribution in [2.45, 2.75) is 19.5 Å². The van der Waals surface area contributed by atoms with Gasteiger partial charge in [0.05, 0.1) is 7.11 Å². The number of phenols is 1. The number of methoxy groups -OCH3 is 1. The predicted octanol–water partition coefficient (Wildman–Crippen LogP) is 1.18. The van der Waals surface area contributed by atoms with Crippen LogP contribution in [0.5, 0.6) is 5.75 Å². The molecule has 2 N–H and O–H groups in total. The minimum absolute atomic E-state index is 0.00836. The SMILES string of the molecule is COC(=O)C(C)NCc1cc(F)ccc1O. The fourth-order valence-corrected chi connectivity index (χ4v) is 1.22. The summed E-state index contributed by atoms with van der Waals surface area (Å²) >= 11 is 0. The van der Waals surface area contributed by atoms with E-state index in [1.807, 2.05) is 0 Å². The Kier molecular flexibility index (Phi) is 4.25. The van der Waals surface area contributed by atoms with E-state index in [1.165, 1.54) is 25.3 Å². The summed E-state index contributed by atoms with van der Waals surface area (Å²) in [6.45, 7) is 1.82. The van der Waals surface area contributed by atoms with Crippen LogP contribution in [0.1, 0.15) is 12.5 Å². The highest BCUT2D eigenvalue weighted by molar-refractivity contribution is 5.75. The van der Waals surface area contributed by atoms with E-state index in [0.29, 0.717) is 5.56 Å². The van der Waals surface area contributed by atoms with Crippen molar-refractivity contribution in [1.82, 2.24) is 5.32 Å². The van der Waals surface area contributed by atoms with Crippen molar-refractivity contribution in [1.29, 1.82) is 0 Å². The third-order valence-electron chi connectivity index (χ3n) is 2.19. The third-order valence-corrected chi connectivity index (χ3v) is 2.19. The lowest BCUT2D eigenvalue weighted by Gasteiger charge is -2.12. The number of halogens is 1. The van der Waals surface area contributed by atoms with E-state index in [1.54, 1.807) is 6.92 Å². The summed E-state index contributed by atoms with van der Waals surface area (Å²) in [5.74, 6) is -0.845. The van der Waals surface area contributed by atoms with Crippen molar-refractivity contribution < 1.29 is 19.0 Å². The molecule has 0 saturated heterocycles. The van der Waals surface area contributed by atoms with Crippen LogP contribution >= 0.6 is 0 Å². The molecule has 0 fully saturated rings. The molecule has 1 rings (SSSR count). The smallest absolute Gasteiger partial charge is 0.322 e. The molecule has 0 amide bonds. The van der Waals surface area contributed by atoms with Gasteiger partial charge in [-0.25, -0.2) is 4.39 Å². The number of hydrogen-bond acceptors (Lipinski definition) is 4. The normalized spacial score (nSPS) is 12.2. The highest BCUT2D eigenvalue weighted by atomic mass is 19.1. The molecule has 0 aliphatic rings. The highest BCUT2D eigenvalue weighted by Crippen LogP contribution is 2.17. The fourth-order valence-electron chi connectivity index (χ4n) is 1.22. The molecule has 1 atom stereocenters. The molecule has 5 heteroatoms. The number of nitrogens with one attached hydrogen (secondary N) is 1. The van der Waals surface area contributed by atoms with Crippen LogP contribution in [0.4, 0.5) is 4.39 Å². The maximum atomic E-state index is 12.9. The summed E-state index contributed by atoms with van der Waals surface area (Å²) in [5, 5.41) is 12.2. The Morgan fingerprint density at radius 3 is 2.94 bits per heavy atom. The lowest BCUT2D eigenvalue weighted by molar-refractivity contribution is -0.142. The van der Waals surface area contributed by atoms with Crippen molar-refractivity contribution in [2.24, 2.45) is 0 Å². The quantitative estimate of drug-likeness (QED) is 0.758. The number of carbonyl (C=O) groups is 1. The minimum Gasteiger partial charge on any atom is -0.508 e. The maximum Gasteiger partial charge on any atom is 0.322 e. The van der Waals surface area contributed by atoms with Crippen molar-refractivity contribution in [3.8, 4) is 5.75 Å². The van der Waals surface area contributed by atoms with E-state index in [-0.39, 0.29) is 12.3 Å². The van der Waals surface area contributed by atoms with Crippen molar-refractivity contribution in [3.63, 3.8) is 0 Å². The average Bonchev–Trinajstić information content (AvgIpc) is 2.28. The van der Waals surface area contributed by atoms with Gasteiger partial charge in [0.15, 0.2) is 0 Å². The Morgan fingerprint density at radius 2 is 2.31 bits per heavy atom. The third kappa shape index (κ3) is 3.20. The van der Waals surface area contributed by atoms with Gasteiger partial charge in [-0.3, -0.25) is 4.79 Å². The largest absolute Gasteiger partial charge is 0.508 e. The van der Waals surface area contributed by atoms with Crippen molar-refractivity contribution in [3.05, 3.63) is 29.6 Å². The van der Waals surface area contributed by atoms with E-state index in [4.69, 9.17) is 0 Å². The lowest BCUT2D eigenvalue weighted by Crippen LogP contribution is -2.34. The Bertz CT molecular complexity index is 381. The Hall–Kier alpha value is -1.62. The zero-order valence-electron chi connectivity index (χ0n) is 9.16. The number of aromatic hydroxyl groups is 1. The van der Waals surface area contributed by atoms with Crippen LogP contribution in [0.15, 0.2) is 18.2 Å². The number of esters is 1. The first-order valence-electron chi connectivity index (χ1n) is 4.83. The Morgan fingerprint density at radius 1 is 1.62 bits per heavy atom. The molecule has 1 aromatic carbocycles. The van der Waals surface area contributed by atoms with Crippen LogP contribution in [-0.4, -0.2) is 24.2 Å². The second kappa shape index (κ2) is 5.46. The van der Waals surface area contributed by atoms with Gasteiger partial charge in [-0.05, 0) is 25.1 Å².